The molecule has 0 radical (unpaired) electrons. The van der Waals surface area contributed by atoms with Crippen molar-refractivity contribution in [1.82, 2.24) is 0 Å². The molecule has 1 rings (SSSR count). The summed E-state index contributed by atoms with van der Waals surface area (Å²) in [6.45, 7) is 5.50. The summed E-state index contributed by atoms with van der Waals surface area (Å²) in [4.78, 5) is 11.6. The number of esters is 1. The van der Waals surface area contributed by atoms with Crippen molar-refractivity contribution in [2.75, 3.05) is 0 Å². The summed E-state index contributed by atoms with van der Waals surface area (Å²) in [6, 6.07) is 2.16. The molecule has 0 amide bonds. The molecule has 1 unspecified atom stereocenters. The van der Waals surface area contributed by atoms with Crippen LogP contribution in [-0.2, 0) is 13.8 Å². The largest absolute Gasteiger partial charge is 0.459 e. The summed E-state index contributed by atoms with van der Waals surface area (Å²) in [5.74, 6) is -0.615. The Hall–Kier alpha value is -0.490. The quantitative estimate of drug-likeness (QED) is 0.599. The Kier molecular flexibility index (Phi) is 5.72. The van der Waals surface area contributed by atoms with Crippen LogP contribution >= 0.6 is 33.9 Å². The van der Waals surface area contributed by atoms with Crippen LogP contribution in [0.3, 0.4) is 0 Å². The van der Waals surface area contributed by atoms with E-state index in [9.17, 15) is 13.2 Å². The van der Waals surface area contributed by atoms with Crippen LogP contribution in [0.5, 0.6) is 0 Å². The van der Waals surface area contributed by atoms with Gasteiger partial charge in [-0.15, -0.1) is 0 Å². The molecule has 1 atom stereocenters. The number of halogens is 3. The smallest absolute Gasteiger partial charge is 0.339 e. The normalized spacial score (nSPS) is 13.3. The first-order valence-corrected chi connectivity index (χ1v) is 8.75. The fraction of sp³-hybridized carbons (Fsp3) is 0.417. The van der Waals surface area contributed by atoms with Crippen LogP contribution in [0.4, 0.5) is 0 Å². The first kappa shape index (κ1) is 17.6. The van der Waals surface area contributed by atoms with Gasteiger partial charge in [0.1, 0.15) is 11.0 Å². The Bertz CT molecular complexity index is 626. The van der Waals surface area contributed by atoms with Gasteiger partial charge in [-0.25, -0.2) is 13.2 Å². The lowest BCUT2D eigenvalue weighted by Gasteiger charge is -2.17. The van der Waals surface area contributed by atoms with Crippen molar-refractivity contribution in [2.24, 2.45) is 5.92 Å². The Morgan fingerprint density at radius 3 is 2.15 bits per heavy atom. The zero-order chi connectivity index (χ0) is 15.7. The number of carbonyl (C=O) groups is 1. The molecule has 0 N–H and O–H groups in total. The van der Waals surface area contributed by atoms with E-state index in [4.69, 9.17) is 38.6 Å². The highest BCUT2D eigenvalue weighted by Crippen LogP contribution is 2.31. The Morgan fingerprint density at radius 2 is 1.70 bits per heavy atom. The van der Waals surface area contributed by atoms with Gasteiger partial charge in [0.15, 0.2) is 0 Å². The SMILES string of the molecule is CC(C)C(C)OC(=O)c1cc(S(=O)(=O)Cl)c(Cl)cc1Cl. The summed E-state index contributed by atoms with van der Waals surface area (Å²) in [7, 11) is 1.16. The van der Waals surface area contributed by atoms with Crippen molar-refractivity contribution in [3.05, 3.63) is 27.7 Å². The first-order chi connectivity index (χ1) is 9.04. The maximum atomic E-state index is 12.0. The van der Waals surface area contributed by atoms with Crippen LogP contribution in [0.25, 0.3) is 0 Å². The molecule has 0 fully saturated rings. The Balaban J connectivity index is 3.22. The second-order valence-corrected chi connectivity index (χ2v) is 7.90. The van der Waals surface area contributed by atoms with E-state index in [1.54, 1.807) is 6.92 Å². The second kappa shape index (κ2) is 6.52. The van der Waals surface area contributed by atoms with Crippen molar-refractivity contribution in [3.63, 3.8) is 0 Å². The van der Waals surface area contributed by atoms with Crippen LogP contribution in [-0.4, -0.2) is 20.5 Å². The summed E-state index contributed by atoms with van der Waals surface area (Å²) < 4.78 is 27.9. The molecular formula is C12H13Cl3O4S. The molecule has 1 aromatic rings. The fourth-order valence-electron chi connectivity index (χ4n) is 1.24. The van der Waals surface area contributed by atoms with Crippen LogP contribution in [0.2, 0.25) is 10.0 Å². The van der Waals surface area contributed by atoms with Gasteiger partial charge in [0.25, 0.3) is 9.05 Å². The average molecular weight is 360 g/mol. The predicted molar refractivity (Wildman–Crippen MR) is 79.2 cm³/mol. The molecule has 0 heterocycles. The van der Waals surface area contributed by atoms with Crippen molar-refractivity contribution in [2.45, 2.75) is 31.8 Å². The van der Waals surface area contributed by atoms with Crippen molar-refractivity contribution >= 4 is 48.9 Å². The molecule has 20 heavy (non-hydrogen) atoms. The monoisotopic (exact) mass is 358 g/mol. The van der Waals surface area contributed by atoms with Crippen LogP contribution in [0, 0.1) is 5.92 Å². The number of carbonyl (C=O) groups excluding carboxylic acids is 1. The first-order valence-electron chi connectivity index (χ1n) is 5.68. The van der Waals surface area contributed by atoms with Gasteiger partial charge in [-0.3, -0.25) is 0 Å². The van der Waals surface area contributed by atoms with E-state index in [1.807, 2.05) is 13.8 Å². The van der Waals surface area contributed by atoms with Crippen molar-refractivity contribution in [1.29, 1.82) is 0 Å². The van der Waals surface area contributed by atoms with E-state index < -0.39 is 15.0 Å². The van der Waals surface area contributed by atoms with Gasteiger partial charge < -0.3 is 4.74 Å². The lowest BCUT2D eigenvalue weighted by atomic mass is 10.1. The third-order valence-corrected chi connectivity index (χ3v) is 4.84. The molecule has 0 saturated carbocycles. The maximum absolute atomic E-state index is 12.0. The Morgan fingerprint density at radius 1 is 1.15 bits per heavy atom. The van der Waals surface area contributed by atoms with Gasteiger partial charge in [-0.05, 0) is 25.0 Å². The van der Waals surface area contributed by atoms with Crippen molar-refractivity contribution < 1.29 is 17.9 Å². The van der Waals surface area contributed by atoms with E-state index in [2.05, 4.69) is 0 Å². The lowest BCUT2D eigenvalue weighted by Crippen LogP contribution is -2.20. The van der Waals surface area contributed by atoms with Gasteiger partial charge >= 0.3 is 5.97 Å². The van der Waals surface area contributed by atoms with Crippen LogP contribution in [0.15, 0.2) is 17.0 Å². The molecule has 0 aromatic heterocycles. The van der Waals surface area contributed by atoms with Gasteiger partial charge in [0.2, 0.25) is 0 Å². The average Bonchev–Trinajstić information content (AvgIpc) is 2.26. The maximum Gasteiger partial charge on any atom is 0.339 e. The minimum absolute atomic E-state index is 0.0000211. The molecule has 1 aromatic carbocycles. The molecule has 0 aliphatic carbocycles. The molecule has 0 spiro atoms. The van der Waals surface area contributed by atoms with E-state index in [0.29, 0.717) is 0 Å². The second-order valence-electron chi connectivity index (χ2n) is 4.55. The highest BCUT2D eigenvalue weighted by molar-refractivity contribution is 8.13. The number of benzene rings is 1. The highest BCUT2D eigenvalue weighted by Gasteiger charge is 2.23. The number of hydrogen-bond donors (Lipinski definition) is 0. The van der Waals surface area contributed by atoms with Gasteiger partial charge in [0, 0.05) is 10.7 Å². The van der Waals surface area contributed by atoms with Crippen LogP contribution < -0.4 is 0 Å². The summed E-state index contributed by atoms with van der Waals surface area (Å²) >= 11 is 11.6. The molecule has 0 aliphatic heterocycles. The van der Waals surface area contributed by atoms with Gasteiger partial charge in [-0.1, -0.05) is 37.0 Å². The Labute approximate surface area is 132 Å². The van der Waals surface area contributed by atoms with Gasteiger partial charge in [0.05, 0.1) is 15.6 Å². The third-order valence-electron chi connectivity index (χ3n) is 2.74. The highest BCUT2D eigenvalue weighted by atomic mass is 35.7. The molecule has 0 aliphatic rings. The zero-order valence-electron chi connectivity index (χ0n) is 11.0. The molecule has 112 valence electrons. The zero-order valence-corrected chi connectivity index (χ0v) is 14.1. The number of rotatable bonds is 4. The van der Waals surface area contributed by atoms with E-state index in [1.165, 1.54) is 0 Å². The minimum Gasteiger partial charge on any atom is -0.459 e. The van der Waals surface area contributed by atoms with E-state index >= 15 is 0 Å². The molecule has 0 saturated heterocycles. The van der Waals surface area contributed by atoms with E-state index in [0.717, 1.165) is 12.1 Å². The molecule has 0 bridgehead atoms. The standard InChI is InChI=1S/C12H13Cl3O4S/c1-6(2)7(3)19-12(16)8-4-11(20(15,17)18)10(14)5-9(8)13/h4-7H,1-3H3. The van der Waals surface area contributed by atoms with Gasteiger partial charge in [-0.2, -0.15) is 0 Å². The molecule has 8 heteroatoms. The van der Waals surface area contributed by atoms with Crippen LogP contribution in [0.1, 0.15) is 31.1 Å². The number of hydrogen-bond acceptors (Lipinski definition) is 4. The minimum atomic E-state index is -4.08. The van der Waals surface area contributed by atoms with E-state index in [-0.39, 0.29) is 32.5 Å². The fourth-order valence-corrected chi connectivity index (χ4v) is 3.06. The third kappa shape index (κ3) is 4.25. The summed E-state index contributed by atoms with van der Waals surface area (Å²) in [5.41, 5.74) is -0.0946. The summed E-state index contributed by atoms with van der Waals surface area (Å²) in [6.07, 6.45) is -0.342. The lowest BCUT2D eigenvalue weighted by molar-refractivity contribution is 0.0238. The number of ether oxygens (including phenoxy) is 1. The van der Waals surface area contributed by atoms with Crippen molar-refractivity contribution in [3.8, 4) is 0 Å². The molecular weight excluding hydrogens is 347 g/mol. The topological polar surface area (TPSA) is 60.4 Å². The predicted octanol–water partition coefficient (Wildman–Crippen LogP) is 4.12. The summed E-state index contributed by atoms with van der Waals surface area (Å²) in [5, 5.41) is -0.154. The molecule has 4 nitrogen and oxygen atoms in total.